The van der Waals surface area contributed by atoms with Crippen molar-refractivity contribution in [3.8, 4) is 0 Å². The van der Waals surface area contributed by atoms with Gasteiger partial charge in [-0.1, -0.05) is 31.5 Å². The Morgan fingerprint density at radius 1 is 0.875 bits per heavy atom. The standard InChI is InChI=1S/C29H26ClF3N4O3/c1-16(2)26(38)34-15-17-4-10-23(30)22(12-17)27(39)36-21-9-11-24-18(13-21)14-25(37(24)3)28(40)35-20-7-5-19(6-8-20)29(31,32)33/h4-14,16H,15H2,1-3H3,(H,34,38)(H,35,40)(H,36,39). The largest absolute Gasteiger partial charge is 0.416 e. The number of aromatic nitrogens is 1. The van der Waals surface area contributed by atoms with Gasteiger partial charge in [0.1, 0.15) is 5.69 Å². The SMILES string of the molecule is CC(C)C(=O)NCc1ccc(Cl)c(C(=O)Nc2ccc3c(c2)cc(C(=O)Nc2ccc(C(F)(F)F)cc2)n3C)c1. The third kappa shape index (κ3) is 6.45. The lowest BCUT2D eigenvalue weighted by Crippen LogP contribution is -2.27. The van der Waals surface area contributed by atoms with E-state index in [2.05, 4.69) is 16.0 Å². The van der Waals surface area contributed by atoms with Crippen LogP contribution in [0.1, 0.15) is 45.8 Å². The van der Waals surface area contributed by atoms with Crippen molar-refractivity contribution >= 4 is 51.6 Å². The predicted octanol–water partition coefficient (Wildman–Crippen LogP) is 6.63. The maximum absolute atomic E-state index is 13.0. The molecule has 208 valence electrons. The fourth-order valence-corrected chi connectivity index (χ4v) is 4.23. The first-order valence-electron chi connectivity index (χ1n) is 12.3. The quantitative estimate of drug-likeness (QED) is 0.233. The second-order valence-corrected chi connectivity index (χ2v) is 9.94. The molecule has 4 rings (SSSR count). The summed E-state index contributed by atoms with van der Waals surface area (Å²) in [6.07, 6.45) is -4.47. The third-order valence-corrected chi connectivity index (χ3v) is 6.60. The Morgan fingerprint density at radius 2 is 1.52 bits per heavy atom. The molecule has 0 saturated heterocycles. The molecule has 0 fully saturated rings. The van der Waals surface area contributed by atoms with Gasteiger partial charge in [-0.3, -0.25) is 14.4 Å². The van der Waals surface area contributed by atoms with E-state index in [1.165, 1.54) is 12.1 Å². The van der Waals surface area contributed by atoms with Crippen molar-refractivity contribution in [2.45, 2.75) is 26.6 Å². The Morgan fingerprint density at radius 3 is 2.17 bits per heavy atom. The van der Waals surface area contributed by atoms with Crippen LogP contribution in [0.4, 0.5) is 24.5 Å². The van der Waals surface area contributed by atoms with E-state index in [-0.39, 0.29) is 40.3 Å². The summed E-state index contributed by atoms with van der Waals surface area (Å²) >= 11 is 6.27. The molecule has 0 aliphatic heterocycles. The minimum atomic E-state index is -4.47. The average Bonchev–Trinajstić information content (AvgIpc) is 3.23. The first kappa shape index (κ1) is 28.7. The topological polar surface area (TPSA) is 92.2 Å². The van der Waals surface area contributed by atoms with Gasteiger partial charge in [0.15, 0.2) is 0 Å². The van der Waals surface area contributed by atoms with Crippen LogP contribution in [0.5, 0.6) is 0 Å². The minimum absolute atomic E-state index is 0.107. The first-order valence-corrected chi connectivity index (χ1v) is 12.7. The number of alkyl halides is 3. The molecule has 3 amide bonds. The highest BCUT2D eigenvalue weighted by atomic mass is 35.5. The number of hydrogen-bond donors (Lipinski definition) is 3. The zero-order chi connectivity index (χ0) is 29.2. The van der Waals surface area contributed by atoms with Crippen molar-refractivity contribution < 1.29 is 27.6 Å². The molecule has 0 unspecified atom stereocenters. The summed E-state index contributed by atoms with van der Waals surface area (Å²) in [5.74, 6) is -1.22. The van der Waals surface area contributed by atoms with Gasteiger partial charge in [-0.15, -0.1) is 0 Å². The molecule has 0 saturated carbocycles. The third-order valence-electron chi connectivity index (χ3n) is 6.27. The van der Waals surface area contributed by atoms with Crippen molar-refractivity contribution in [3.63, 3.8) is 0 Å². The zero-order valence-corrected chi connectivity index (χ0v) is 22.6. The summed E-state index contributed by atoms with van der Waals surface area (Å²) in [6.45, 7) is 3.82. The summed E-state index contributed by atoms with van der Waals surface area (Å²) in [5, 5.41) is 9.12. The molecule has 1 heterocycles. The van der Waals surface area contributed by atoms with Crippen LogP contribution in [0.3, 0.4) is 0 Å². The highest BCUT2D eigenvalue weighted by Crippen LogP contribution is 2.30. The maximum Gasteiger partial charge on any atom is 0.416 e. The molecule has 7 nitrogen and oxygen atoms in total. The molecule has 3 N–H and O–H groups in total. The molecule has 0 aliphatic carbocycles. The predicted molar refractivity (Wildman–Crippen MR) is 148 cm³/mol. The number of halogens is 4. The molecule has 0 bridgehead atoms. The van der Waals surface area contributed by atoms with Crippen LogP contribution in [-0.2, 0) is 24.6 Å². The van der Waals surface area contributed by atoms with Gasteiger partial charge in [0.05, 0.1) is 16.1 Å². The van der Waals surface area contributed by atoms with Crippen LogP contribution in [0.25, 0.3) is 10.9 Å². The van der Waals surface area contributed by atoms with Gasteiger partial charge in [-0.2, -0.15) is 13.2 Å². The first-order chi connectivity index (χ1) is 18.8. The highest BCUT2D eigenvalue weighted by molar-refractivity contribution is 6.34. The number of nitrogens with one attached hydrogen (secondary N) is 3. The summed E-state index contributed by atoms with van der Waals surface area (Å²) in [7, 11) is 1.69. The average molecular weight is 571 g/mol. The lowest BCUT2D eigenvalue weighted by Gasteiger charge is -2.11. The fourth-order valence-electron chi connectivity index (χ4n) is 4.03. The second-order valence-electron chi connectivity index (χ2n) is 9.53. The molecule has 40 heavy (non-hydrogen) atoms. The Hall–Kier alpha value is -4.31. The number of benzene rings is 3. The second kappa shape index (κ2) is 11.4. The normalized spacial score (nSPS) is 11.5. The minimum Gasteiger partial charge on any atom is -0.352 e. The number of rotatable bonds is 7. The van der Waals surface area contributed by atoms with Crippen LogP contribution >= 0.6 is 11.6 Å². The molecule has 0 radical (unpaired) electrons. The van der Waals surface area contributed by atoms with E-state index in [9.17, 15) is 27.6 Å². The van der Waals surface area contributed by atoms with Crippen molar-refractivity contribution in [2.75, 3.05) is 10.6 Å². The van der Waals surface area contributed by atoms with Gasteiger partial charge in [0.25, 0.3) is 11.8 Å². The molecule has 3 aromatic carbocycles. The van der Waals surface area contributed by atoms with E-state index in [0.717, 1.165) is 12.1 Å². The number of aryl methyl sites for hydroxylation is 1. The van der Waals surface area contributed by atoms with Gasteiger partial charge < -0.3 is 20.5 Å². The van der Waals surface area contributed by atoms with Gasteiger partial charge >= 0.3 is 6.18 Å². The van der Waals surface area contributed by atoms with Crippen LogP contribution < -0.4 is 16.0 Å². The highest BCUT2D eigenvalue weighted by Gasteiger charge is 2.30. The number of anilines is 2. The molecular weight excluding hydrogens is 545 g/mol. The summed E-state index contributed by atoms with van der Waals surface area (Å²) in [5.41, 5.74) is 1.81. The molecule has 1 aromatic heterocycles. The molecule has 0 spiro atoms. The summed E-state index contributed by atoms with van der Waals surface area (Å²) in [4.78, 5) is 37.8. The van der Waals surface area contributed by atoms with Crippen LogP contribution in [0, 0.1) is 5.92 Å². The smallest absolute Gasteiger partial charge is 0.352 e. The lowest BCUT2D eigenvalue weighted by molar-refractivity contribution is -0.137. The Bertz CT molecular complexity index is 1590. The molecule has 11 heteroatoms. The van der Waals surface area contributed by atoms with E-state index in [4.69, 9.17) is 11.6 Å². The fraction of sp³-hybridized carbons (Fsp3) is 0.207. The number of carbonyl (C=O) groups is 3. The lowest BCUT2D eigenvalue weighted by atomic mass is 10.1. The summed E-state index contributed by atoms with van der Waals surface area (Å²) in [6, 6.07) is 15.8. The van der Waals surface area contributed by atoms with Crippen molar-refractivity contribution in [2.24, 2.45) is 13.0 Å². The Balaban J connectivity index is 1.49. The van der Waals surface area contributed by atoms with Crippen molar-refractivity contribution in [1.82, 2.24) is 9.88 Å². The van der Waals surface area contributed by atoms with E-state index >= 15 is 0 Å². The maximum atomic E-state index is 13.0. The van der Waals surface area contributed by atoms with Crippen molar-refractivity contribution in [1.29, 1.82) is 0 Å². The molecular formula is C29H26ClF3N4O3. The zero-order valence-electron chi connectivity index (χ0n) is 21.8. The number of fused-ring (bicyclic) bond motifs is 1. The molecule has 4 aromatic rings. The van der Waals surface area contributed by atoms with Crippen LogP contribution in [0.2, 0.25) is 5.02 Å². The van der Waals surface area contributed by atoms with Gasteiger partial charge in [-0.25, -0.2) is 0 Å². The molecule has 0 aliphatic rings. The molecule has 0 atom stereocenters. The number of nitrogens with zero attached hydrogens (tertiary/aromatic N) is 1. The van der Waals surface area contributed by atoms with Crippen molar-refractivity contribution in [3.05, 3.63) is 94.1 Å². The summed E-state index contributed by atoms with van der Waals surface area (Å²) < 4.78 is 40.1. The van der Waals surface area contributed by atoms with Crippen LogP contribution in [0.15, 0.2) is 66.7 Å². The Labute approximate surface area is 233 Å². The Kier molecular flexibility index (Phi) is 8.20. The van der Waals surface area contributed by atoms with Gasteiger partial charge in [-0.05, 0) is 66.2 Å². The van der Waals surface area contributed by atoms with Crippen LogP contribution in [-0.4, -0.2) is 22.3 Å². The monoisotopic (exact) mass is 570 g/mol. The van der Waals surface area contributed by atoms with E-state index < -0.39 is 23.6 Å². The van der Waals surface area contributed by atoms with Gasteiger partial charge in [0.2, 0.25) is 5.91 Å². The van der Waals surface area contributed by atoms with E-state index in [0.29, 0.717) is 22.2 Å². The van der Waals surface area contributed by atoms with Gasteiger partial charge in [0, 0.05) is 41.8 Å². The van der Waals surface area contributed by atoms with E-state index in [1.807, 2.05) is 0 Å². The number of carbonyl (C=O) groups excluding carboxylic acids is 3. The number of hydrogen-bond acceptors (Lipinski definition) is 3. The number of amides is 3. The van der Waals surface area contributed by atoms with E-state index in [1.54, 1.807) is 67.9 Å².